The zero-order chi connectivity index (χ0) is 15.2. The van der Waals surface area contributed by atoms with Gasteiger partial charge in [0.2, 0.25) is 0 Å². The van der Waals surface area contributed by atoms with Crippen LogP contribution in [0.15, 0.2) is 24.3 Å². The van der Waals surface area contributed by atoms with Gasteiger partial charge >= 0.3 is 5.97 Å². The quantitative estimate of drug-likeness (QED) is 0.806. The van der Waals surface area contributed by atoms with E-state index in [0.717, 1.165) is 6.42 Å². The highest BCUT2D eigenvalue weighted by Crippen LogP contribution is 2.24. The van der Waals surface area contributed by atoms with Crippen molar-refractivity contribution in [3.8, 4) is 5.75 Å². The predicted octanol–water partition coefficient (Wildman–Crippen LogP) is 2.82. The maximum Gasteiger partial charge on any atom is 0.324 e. The lowest BCUT2D eigenvalue weighted by Gasteiger charge is -2.19. The lowest BCUT2D eigenvalue weighted by atomic mass is 9.87. The van der Waals surface area contributed by atoms with Crippen LogP contribution in [-0.4, -0.2) is 30.3 Å². The van der Waals surface area contributed by atoms with Crippen molar-refractivity contribution in [1.29, 1.82) is 0 Å². The molecule has 1 rings (SSSR count). The molecule has 1 aromatic carbocycles. The van der Waals surface area contributed by atoms with Crippen molar-refractivity contribution in [1.82, 2.24) is 5.32 Å². The molecule has 1 aromatic rings. The summed E-state index contributed by atoms with van der Waals surface area (Å²) in [6.45, 7) is 9.25. The third kappa shape index (κ3) is 5.21. The normalized spacial score (nSPS) is 13.0. The summed E-state index contributed by atoms with van der Waals surface area (Å²) in [5.74, 6) is -0.188. The minimum atomic E-state index is -0.884. The summed E-state index contributed by atoms with van der Waals surface area (Å²) in [4.78, 5) is 11.1. The molecule has 4 nitrogen and oxygen atoms in total. The molecule has 0 aliphatic heterocycles. The number of carboxylic acid groups (broad SMARTS) is 1. The summed E-state index contributed by atoms with van der Waals surface area (Å²) in [5, 5.41) is 12.0. The summed E-state index contributed by atoms with van der Waals surface area (Å²) < 4.78 is 5.55. The Morgan fingerprint density at radius 1 is 1.30 bits per heavy atom. The van der Waals surface area contributed by atoms with E-state index in [-0.39, 0.29) is 12.0 Å². The molecule has 0 saturated carbocycles. The zero-order valence-electron chi connectivity index (χ0n) is 12.8. The second-order valence-corrected chi connectivity index (χ2v) is 5.93. The molecule has 112 valence electrons. The van der Waals surface area contributed by atoms with E-state index in [9.17, 15) is 4.79 Å². The minimum Gasteiger partial charge on any atom is -0.491 e. The fourth-order valence-electron chi connectivity index (χ4n) is 1.77. The van der Waals surface area contributed by atoms with Gasteiger partial charge in [-0.05, 0) is 36.1 Å². The first-order valence-electron chi connectivity index (χ1n) is 7.04. The molecule has 4 heteroatoms. The van der Waals surface area contributed by atoms with E-state index in [1.165, 1.54) is 5.56 Å². The molecule has 0 aliphatic carbocycles. The van der Waals surface area contributed by atoms with Crippen molar-refractivity contribution < 1.29 is 14.6 Å². The molecule has 0 aromatic heterocycles. The molecule has 0 heterocycles. The van der Waals surface area contributed by atoms with Crippen LogP contribution >= 0.6 is 0 Å². The van der Waals surface area contributed by atoms with Crippen molar-refractivity contribution in [3.63, 3.8) is 0 Å². The van der Waals surface area contributed by atoms with Crippen LogP contribution in [0.1, 0.15) is 39.7 Å². The first-order valence-corrected chi connectivity index (χ1v) is 7.04. The Morgan fingerprint density at radius 2 is 1.90 bits per heavy atom. The monoisotopic (exact) mass is 279 g/mol. The Hall–Kier alpha value is -1.55. The number of hydrogen-bond donors (Lipinski definition) is 2. The van der Waals surface area contributed by atoms with E-state index in [2.05, 4.69) is 26.1 Å². The average Bonchev–Trinajstić information content (AvgIpc) is 2.38. The van der Waals surface area contributed by atoms with E-state index in [4.69, 9.17) is 9.84 Å². The highest BCUT2D eigenvalue weighted by atomic mass is 16.5. The second-order valence-electron chi connectivity index (χ2n) is 5.93. The van der Waals surface area contributed by atoms with Crippen molar-refractivity contribution >= 4 is 5.97 Å². The van der Waals surface area contributed by atoms with Gasteiger partial charge in [0, 0.05) is 0 Å². The molecule has 1 unspecified atom stereocenters. The van der Waals surface area contributed by atoms with E-state index < -0.39 is 12.0 Å². The Bertz CT molecular complexity index is 420. The number of aliphatic carboxylic acids is 1. The third-order valence-electron chi connectivity index (χ3n) is 3.08. The molecule has 0 aliphatic rings. The van der Waals surface area contributed by atoms with Crippen LogP contribution in [0.3, 0.4) is 0 Å². The number of carbonyl (C=O) groups is 1. The van der Waals surface area contributed by atoms with Gasteiger partial charge in [-0.25, -0.2) is 0 Å². The molecule has 1 atom stereocenters. The molecule has 0 bridgehead atoms. The highest BCUT2D eigenvalue weighted by Gasteiger charge is 2.17. The second kappa shape index (κ2) is 7.29. The van der Waals surface area contributed by atoms with Gasteiger partial charge < -0.3 is 15.2 Å². The van der Waals surface area contributed by atoms with Crippen LogP contribution in [0.4, 0.5) is 0 Å². The average molecular weight is 279 g/mol. The van der Waals surface area contributed by atoms with Crippen LogP contribution in [0.2, 0.25) is 0 Å². The van der Waals surface area contributed by atoms with Gasteiger partial charge in [-0.15, -0.1) is 0 Å². The van der Waals surface area contributed by atoms with Gasteiger partial charge in [-0.3, -0.25) is 4.79 Å². The minimum absolute atomic E-state index is 0.102. The molecule has 2 N–H and O–H groups in total. The number of carboxylic acids is 1. The Labute approximate surface area is 121 Å². The number of ether oxygens (including phenoxy) is 1. The van der Waals surface area contributed by atoms with Crippen LogP contribution in [0.25, 0.3) is 0 Å². The number of rotatable bonds is 7. The highest BCUT2D eigenvalue weighted by molar-refractivity contribution is 5.73. The molecular weight excluding hydrogens is 254 g/mol. The SMILES string of the molecule is CCCNC(COc1ccc(C(C)(C)C)cc1)C(=O)O. The Kier molecular flexibility index (Phi) is 6.02. The van der Waals surface area contributed by atoms with E-state index in [0.29, 0.717) is 12.3 Å². The molecular formula is C16H25NO3. The van der Waals surface area contributed by atoms with Gasteiger partial charge in [0.15, 0.2) is 0 Å². The first-order chi connectivity index (χ1) is 9.34. The van der Waals surface area contributed by atoms with Crippen LogP contribution in [-0.2, 0) is 10.2 Å². The number of hydrogen-bond acceptors (Lipinski definition) is 3. The molecule has 0 fully saturated rings. The molecule has 0 saturated heterocycles. The van der Waals surface area contributed by atoms with Gasteiger partial charge in [0.1, 0.15) is 18.4 Å². The smallest absolute Gasteiger partial charge is 0.324 e. The summed E-state index contributed by atoms with van der Waals surface area (Å²) >= 11 is 0. The van der Waals surface area contributed by atoms with Crippen LogP contribution in [0.5, 0.6) is 5.75 Å². The van der Waals surface area contributed by atoms with E-state index >= 15 is 0 Å². The molecule has 20 heavy (non-hydrogen) atoms. The maximum absolute atomic E-state index is 11.1. The van der Waals surface area contributed by atoms with Gasteiger partial charge in [-0.2, -0.15) is 0 Å². The third-order valence-corrected chi connectivity index (χ3v) is 3.08. The molecule has 0 amide bonds. The fourth-order valence-corrected chi connectivity index (χ4v) is 1.77. The lowest BCUT2D eigenvalue weighted by molar-refractivity contribution is -0.140. The zero-order valence-corrected chi connectivity index (χ0v) is 12.8. The van der Waals surface area contributed by atoms with Crippen molar-refractivity contribution in [2.45, 2.75) is 45.6 Å². The maximum atomic E-state index is 11.1. The lowest BCUT2D eigenvalue weighted by Crippen LogP contribution is -2.41. The van der Waals surface area contributed by atoms with E-state index in [1.54, 1.807) is 0 Å². The van der Waals surface area contributed by atoms with Gasteiger partial charge in [0.25, 0.3) is 0 Å². The molecule has 0 spiro atoms. The summed E-state index contributed by atoms with van der Waals surface area (Å²) in [7, 11) is 0. The van der Waals surface area contributed by atoms with Gasteiger partial charge in [0.05, 0.1) is 0 Å². The standard InChI is InChI=1S/C16H25NO3/c1-5-10-17-14(15(18)19)11-20-13-8-6-12(7-9-13)16(2,3)4/h6-9,14,17H,5,10-11H2,1-4H3,(H,18,19). The number of benzene rings is 1. The van der Waals surface area contributed by atoms with Crippen molar-refractivity contribution in [2.24, 2.45) is 0 Å². The largest absolute Gasteiger partial charge is 0.491 e. The van der Waals surface area contributed by atoms with Crippen LogP contribution in [0, 0.1) is 0 Å². The molecule has 0 radical (unpaired) electrons. The first kappa shape index (κ1) is 16.5. The van der Waals surface area contributed by atoms with E-state index in [1.807, 2.05) is 31.2 Å². The van der Waals surface area contributed by atoms with Crippen LogP contribution < -0.4 is 10.1 Å². The van der Waals surface area contributed by atoms with Gasteiger partial charge in [-0.1, -0.05) is 39.8 Å². The van der Waals surface area contributed by atoms with Crippen molar-refractivity contribution in [2.75, 3.05) is 13.2 Å². The summed E-state index contributed by atoms with van der Waals surface area (Å²) in [6, 6.07) is 7.14. The fraction of sp³-hybridized carbons (Fsp3) is 0.562. The predicted molar refractivity (Wildman–Crippen MR) is 80.4 cm³/mol. The van der Waals surface area contributed by atoms with Crippen molar-refractivity contribution in [3.05, 3.63) is 29.8 Å². The summed E-state index contributed by atoms with van der Waals surface area (Å²) in [5.41, 5.74) is 1.33. The Morgan fingerprint density at radius 3 is 2.35 bits per heavy atom. The topological polar surface area (TPSA) is 58.6 Å². The Balaban J connectivity index is 2.58. The summed E-state index contributed by atoms with van der Waals surface area (Å²) in [6.07, 6.45) is 0.893. The number of nitrogens with one attached hydrogen (secondary N) is 1.